The number of hydrogen-bond acceptors (Lipinski definition) is 3. The van der Waals surface area contributed by atoms with E-state index in [1.165, 1.54) is 11.3 Å². The van der Waals surface area contributed by atoms with Crippen molar-refractivity contribution < 1.29 is 4.79 Å². The lowest BCUT2D eigenvalue weighted by Gasteiger charge is -2.36. The number of pyridine rings is 1. The van der Waals surface area contributed by atoms with Gasteiger partial charge in [0.2, 0.25) is 5.91 Å². The molecular weight excluding hydrogens is 310 g/mol. The molecule has 25 heavy (non-hydrogen) atoms. The zero-order chi connectivity index (χ0) is 17.2. The maximum Gasteiger partial charge on any atom is 0.243 e. The van der Waals surface area contributed by atoms with Crippen LogP contribution in [0.3, 0.4) is 0 Å². The van der Waals surface area contributed by atoms with Gasteiger partial charge in [-0.3, -0.25) is 9.78 Å². The Balaban J connectivity index is 1.56. The third-order valence-corrected chi connectivity index (χ3v) is 4.90. The van der Waals surface area contributed by atoms with E-state index in [0.717, 1.165) is 29.4 Å². The molecule has 2 aromatic carbocycles. The topological polar surface area (TPSA) is 45.2 Å². The van der Waals surface area contributed by atoms with Gasteiger partial charge < -0.3 is 10.2 Å². The van der Waals surface area contributed by atoms with Crippen molar-refractivity contribution >= 4 is 28.2 Å². The Morgan fingerprint density at radius 2 is 2.04 bits per heavy atom. The van der Waals surface area contributed by atoms with Crippen LogP contribution < -0.4 is 10.2 Å². The average molecular weight is 331 g/mol. The molecule has 0 unspecified atom stereocenters. The first-order chi connectivity index (χ1) is 12.2. The van der Waals surface area contributed by atoms with Gasteiger partial charge in [-0.05, 0) is 55.7 Å². The van der Waals surface area contributed by atoms with E-state index in [9.17, 15) is 4.79 Å². The highest BCUT2D eigenvalue weighted by atomic mass is 16.2. The predicted molar refractivity (Wildman–Crippen MR) is 102 cm³/mol. The minimum absolute atomic E-state index is 0.0000869. The van der Waals surface area contributed by atoms with E-state index in [0.29, 0.717) is 12.6 Å². The molecule has 0 spiro atoms. The van der Waals surface area contributed by atoms with Crippen molar-refractivity contribution in [3.63, 3.8) is 0 Å². The summed E-state index contributed by atoms with van der Waals surface area (Å²) in [4.78, 5) is 19.3. The molecule has 1 N–H and O–H groups in total. The summed E-state index contributed by atoms with van der Waals surface area (Å²) in [5.74, 6) is -0.0000869. The first-order valence-electron chi connectivity index (χ1n) is 8.70. The quantitative estimate of drug-likeness (QED) is 0.788. The molecule has 3 aromatic rings. The second-order valence-electron chi connectivity index (χ2n) is 6.57. The van der Waals surface area contributed by atoms with E-state index in [1.54, 1.807) is 6.20 Å². The lowest BCUT2D eigenvalue weighted by molar-refractivity contribution is -0.115. The van der Waals surface area contributed by atoms with Gasteiger partial charge in [0.1, 0.15) is 0 Å². The predicted octanol–water partition coefficient (Wildman–Crippen LogP) is 4.01. The van der Waals surface area contributed by atoms with Crippen LogP contribution in [0, 0.1) is 0 Å². The summed E-state index contributed by atoms with van der Waals surface area (Å²) in [7, 11) is 0. The molecule has 4 heteroatoms. The highest BCUT2D eigenvalue weighted by Crippen LogP contribution is 2.30. The minimum Gasteiger partial charge on any atom is -0.359 e. The van der Waals surface area contributed by atoms with Gasteiger partial charge in [-0.25, -0.2) is 0 Å². The fraction of sp³-hybridized carbons (Fsp3) is 0.238. The monoisotopic (exact) mass is 331 g/mol. The van der Waals surface area contributed by atoms with Gasteiger partial charge in [-0.15, -0.1) is 0 Å². The second kappa shape index (κ2) is 6.55. The fourth-order valence-corrected chi connectivity index (χ4v) is 3.56. The number of para-hydroxylation sites is 1. The van der Waals surface area contributed by atoms with Crippen molar-refractivity contribution in [2.24, 2.45) is 0 Å². The van der Waals surface area contributed by atoms with E-state index in [1.807, 2.05) is 36.4 Å². The van der Waals surface area contributed by atoms with E-state index < -0.39 is 0 Å². The summed E-state index contributed by atoms with van der Waals surface area (Å²) in [5, 5.41) is 4.03. The second-order valence-corrected chi connectivity index (χ2v) is 6.57. The van der Waals surface area contributed by atoms with E-state index in [4.69, 9.17) is 0 Å². The molecule has 1 aromatic heterocycles. The maximum atomic E-state index is 12.7. The molecule has 2 heterocycles. The number of amides is 1. The molecule has 0 aliphatic carbocycles. The maximum absolute atomic E-state index is 12.7. The van der Waals surface area contributed by atoms with Crippen LogP contribution in [0.5, 0.6) is 0 Å². The molecule has 1 aliphatic heterocycles. The van der Waals surface area contributed by atoms with Crippen LogP contribution in [0.1, 0.15) is 18.9 Å². The van der Waals surface area contributed by atoms with Crippen LogP contribution in [0.4, 0.5) is 11.4 Å². The van der Waals surface area contributed by atoms with Crippen LogP contribution in [-0.4, -0.2) is 23.5 Å². The number of rotatable bonds is 3. The lowest BCUT2D eigenvalue weighted by Crippen LogP contribution is -2.42. The van der Waals surface area contributed by atoms with Crippen molar-refractivity contribution in [2.75, 3.05) is 16.8 Å². The van der Waals surface area contributed by atoms with E-state index in [-0.39, 0.29) is 5.91 Å². The molecule has 4 rings (SSSR count). The largest absolute Gasteiger partial charge is 0.359 e. The molecule has 1 amide bonds. The Kier molecular flexibility index (Phi) is 4.10. The van der Waals surface area contributed by atoms with Crippen molar-refractivity contribution in [3.8, 4) is 0 Å². The smallest absolute Gasteiger partial charge is 0.243 e. The third kappa shape index (κ3) is 3.07. The third-order valence-electron chi connectivity index (χ3n) is 4.90. The molecule has 4 nitrogen and oxygen atoms in total. The number of nitrogens with zero attached hydrogens (tertiary/aromatic N) is 2. The number of fused-ring (bicyclic) bond motifs is 2. The van der Waals surface area contributed by atoms with E-state index >= 15 is 0 Å². The number of carbonyl (C=O) groups is 1. The highest BCUT2D eigenvalue weighted by Gasteiger charge is 2.24. The molecule has 0 bridgehead atoms. The summed E-state index contributed by atoms with van der Waals surface area (Å²) < 4.78 is 0. The van der Waals surface area contributed by atoms with Gasteiger partial charge in [0.25, 0.3) is 0 Å². The minimum atomic E-state index is -0.0000869. The van der Waals surface area contributed by atoms with Gasteiger partial charge >= 0.3 is 0 Å². The Morgan fingerprint density at radius 3 is 2.96 bits per heavy atom. The number of aryl methyl sites for hydroxylation is 1. The van der Waals surface area contributed by atoms with Crippen LogP contribution in [0.15, 0.2) is 60.8 Å². The summed E-state index contributed by atoms with van der Waals surface area (Å²) in [6.07, 6.45) is 3.91. The Hall–Kier alpha value is -2.88. The van der Waals surface area contributed by atoms with Crippen LogP contribution in [0.25, 0.3) is 10.9 Å². The molecule has 126 valence electrons. The summed E-state index contributed by atoms with van der Waals surface area (Å²) in [5.41, 5.74) is 4.20. The average Bonchev–Trinajstić information content (AvgIpc) is 2.64. The molecular formula is C21H21N3O. The summed E-state index contributed by atoms with van der Waals surface area (Å²) >= 11 is 0. The van der Waals surface area contributed by atoms with E-state index in [2.05, 4.69) is 40.3 Å². The van der Waals surface area contributed by atoms with Crippen molar-refractivity contribution in [3.05, 3.63) is 66.4 Å². The fourth-order valence-electron chi connectivity index (χ4n) is 3.56. The number of benzene rings is 2. The number of aromatic nitrogens is 1. The molecule has 0 saturated carbocycles. The Morgan fingerprint density at radius 1 is 1.16 bits per heavy atom. The van der Waals surface area contributed by atoms with Crippen molar-refractivity contribution in [2.45, 2.75) is 25.8 Å². The molecule has 0 radical (unpaired) electrons. The van der Waals surface area contributed by atoms with Crippen molar-refractivity contribution in [1.29, 1.82) is 0 Å². The lowest BCUT2D eigenvalue weighted by atomic mass is 9.96. The Bertz CT molecular complexity index is 916. The van der Waals surface area contributed by atoms with Crippen LogP contribution in [0.2, 0.25) is 0 Å². The van der Waals surface area contributed by atoms with Gasteiger partial charge in [-0.1, -0.05) is 24.3 Å². The first-order valence-corrected chi connectivity index (χ1v) is 8.70. The normalized spacial score (nSPS) is 16.5. The van der Waals surface area contributed by atoms with Gasteiger partial charge in [-0.2, -0.15) is 0 Å². The SMILES string of the molecule is C[C@@H]1CCc2ccccc2N1CC(=O)Nc1cccc2ncccc12. The summed E-state index contributed by atoms with van der Waals surface area (Å²) in [6, 6.07) is 18.4. The van der Waals surface area contributed by atoms with Crippen molar-refractivity contribution in [1.82, 2.24) is 4.98 Å². The molecule has 0 saturated heterocycles. The standard InChI is InChI=1S/C21H21N3O/c1-15-11-12-16-6-2-3-10-20(16)24(15)14-21(25)23-19-9-4-8-18-17(19)7-5-13-22-18/h2-10,13,15H,11-12,14H2,1H3,(H,23,25)/t15-/m1/s1. The van der Waals surface area contributed by atoms with Crippen LogP contribution in [-0.2, 0) is 11.2 Å². The van der Waals surface area contributed by atoms with Crippen LogP contribution >= 0.6 is 0 Å². The molecule has 0 fully saturated rings. The molecule has 1 aliphatic rings. The highest BCUT2D eigenvalue weighted by molar-refractivity contribution is 6.02. The number of nitrogens with one attached hydrogen (secondary N) is 1. The molecule has 1 atom stereocenters. The van der Waals surface area contributed by atoms with Gasteiger partial charge in [0.05, 0.1) is 17.7 Å². The number of anilines is 2. The zero-order valence-electron chi connectivity index (χ0n) is 14.3. The Labute approximate surface area is 147 Å². The number of hydrogen-bond donors (Lipinski definition) is 1. The number of carbonyl (C=O) groups excluding carboxylic acids is 1. The van der Waals surface area contributed by atoms with Gasteiger partial charge in [0.15, 0.2) is 0 Å². The first kappa shape index (κ1) is 15.6. The zero-order valence-corrected chi connectivity index (χ0v) is 14.3. The van der Waals surface area contributed by atoms with Gasteiger partial charge in [0, 0.05) is 23.3 Å². The summed E-state index contributed by atoms with van der Waals surface area (Å²) in [6.45, 7) is 2.54.